The summed E-state index contributed by atoms with van der Waals surface area (Å²) >= 11 is 11.9. The van der Waals surface area contributed by atoms with E-state index in [0.717, 1.165) is 5.56 Å². The zero-order chi connectivity index (χ0) is 29.9. The molecule has 0 spiro atoms. The molecule has 0 saturated carbocycles. The van der Waals surface area contributed by atoms with Crippen molar-refractivity contribution in [3.05, 3.63) is 112 Å². The molecule has 0 fully saturated rings. The number of amides is 1. The van der Waals surface area contributed by atoms with E-state index in [2.05, 4.69) is 30.8 Å². The fourth-order valence-corrected chi connectivity index (χ4v) is 5.70. The first-order valence-electron chi connectivity index (χ1n) is 12.3. The van der Waals surface area contributed by atoms with Gasteiger partial charge in [0.25, 0.3) is 15.9 Å². The summed E-state index contributed by atoms with van der Waals surface area (Å²) in [6, 6.07) is 21.7. The lowest BCUT2D eigenvalue weighted by Crippen LogP contribution is -2.16. The summed E-state index contributed by atoms with van der Waals surface area (Å²) in [6.45, 7) is 6.28. The molecule has 4 aromatic carbocycles. The van der Waals surface area contributed by atoms with Crippen molar-refractivity contribution < 1.29 is 27.9 Å². The maximum atomic E-state index is 12.9. The molecule has 4 rings (SSSR count). The molecule has 0 aliphatic heterocycles. The summed E-state index contributed by atoms with van der Waals surface area (Å²) in [5.74, 6) is -1.22. The number of ether oxygens (including phenoxy) is 1. The molecule has 0 aliphatic rings. The van der Waals surface area contributed by atoms with Crippen molar-refractivity contribution in [2.75, 3.05) is 10.0 Å². The highest BCUT2D eigenvalue weighted by molar-refractivity contribution is 7.92. The molecule has 0 atom stereocenters. The van der Waals surface area contributed by atoms with E-state index < -0.39 is 16.0 Å². The molecular formula is C30H26Cl2N2O6S. The number of carboxylic acids is 1. The number of sulfonamides is 1. The molecule has 0 radical (unpaired) electrons. The van der Waals surface area contributed by atoms with E-state index in [1.807, 2.05) is 12.1 Å². The molecule has 0 aliphatic carbocycles. The van der Waals surface area contributed by atoms with E-state index in [9.17, 15) is 23.1 Å². The van der Waals surface area contributed by atoms with E-state index in [1.165, 1.54) is 36.4 Å². The van der Waals surface area contributed by atoms with E-state index >= 15 is 0 Å². The van der Waals surface area contributed by atoms with Gasteiger partial charge in [-0.2, -0.15) is 0 Å². The smallest absolute Gasteiger partial charge is 0.337 e. The third kappa shape index (κ3) is 7.38. The normalized spacial score (nSPS) is 11.5. The Bertz CT molecular complexity index is 1730. The summed E-state index contributed by atoms with van der Waals surface area (Å²) in [5, 5.41) is 12.7. The predicted molar refractivity (Wildman–Crippen MR) is 160 cm³/mol. The zero-order valence-electron chi connectivity index (χ0n) is 22.2. The maximum Gasteiger partial charge on any atom is 0.337 e. The van der Waals surface area contributed by atoms with Gasteiger partial charge < -0.3 is 15.2 Å². The van der Waals surface area contributed by atoms with Gasteiger partial charge in [-0.1, -0.05) is 62.2 Å². The van der Waals surface area contributed by atoms with Crippen LogP contribution in [0.3, 0.4) is 0 Å². The van der Waals surface area contributed by atoms with Gasteiger partial charge in [0, 0.05) is 22.3 Å². The number of carboxylic acid groups (broad SMARTS) is 1. The van der Waals surface area contributed by atoms with Crippen LogP contribution in [0.1, 0.15) is 47.1 Å². The minimum absolute atomic E-state index is 0.0336. The fourth-order valence-electron chi connectivity index (χ4n) is 3.84. The van der Waals surface area contributed by atoms with E-state index in [0.29, 0.717) is 17.0 Å². The largest absolute Gasteiger partial charge is 0.478 e. The average molecular weight is 614 g/mol. The second kappa shape index (κ2) is 11.8. The number of nitrogens with one attached hydrogen (secondary N) is 2. The molecule has 0 bridgehead atoms. The van der Waals surface area contributed by atoms with Crippen LogP contribution in [0.4, 0.5) is 11.4 Å². The molecule has 3 N–H and O–H groups in total. The fraction of sp³-hybridized carbons (Fsp3) is 0.133. The SMILES string of the molecule is CC(C)(C)c1ccc(C(=O)Nc2cccc(Oc3ccc(NS(=O)(=O)c4ccc(Cl)cc4Cl)c(C(=O)O)c3)c2)cc1. The Hall–Kier alpha value is -4.05. The molecular weight excluding hydrogens is 587 g/mol. The summed E-state index contributed by atoms with van der Waals surface area (Å²) < 4.78 is 33.8. The van der Waals surface area contributed by atoms with Crippen molar-refractivity contribution in [3.8, 4) is 11.5 Å². The Kier molecular flexibility index (Phi) is 8.63. The Morgan fingerprint density at radius 3 is 2.17 bits per heavy atom. The molecule has 4 aromatic rings. The number of anilines is 2. The van der Waals surface area contributed by atoms with E-state index in [4.69, 9.17) is 27.9 Å². The number of hydrogen-bond acceptors (Lipinski definition) is 5. The van der Waals surface area contributed by atoms with Crippen molar-refractivity contribution in [1.82, 2.24) is 0 Å². The van der Waals surface area contributed by atoms with Gasteiger partial charge in [0.15, 0.2) is 0 Å². The molecule has 0 heterocycles. The predicted octanol–water partition coefficient (Wildman–Crippen LogP) is 7.83. The van der Waals surface area contributed by atoms with Gasteiger partial charge in [-0.25, -0.2) is 13.2 Å². The van der Waals surface area contributed by atoms with Crippen molar-refractivity contribution in [2.45, 2.75) is 31.1 Å². The van der Waals surface area contributed by atoms with Crippen LogP contribution in [-0.4, -0.2) is 25.4 Å². The van der Waals surface area contributed by atoms with Crippen molar-refractivity contribution >= 4 is 56.5 Å². The Labute approximate surface area is 247 Å². The molecule has 11 heteroatoms. The lowest BCUT2D eigenvalue weighted by Gasteiger charge is -2.19. The van der Waals surface area contributed by atoms with Crippen LogP contribution in [0.5, 0.6) is 11.5 Å². The number of carbonyl (C=O) groups is 2. The third-order valence-electron chi connectivity index (χ3n) is 5.99. The van der Waals surface area contributed by atoms with Crippen LogP contribution < -0.4 is 14.8 Å². The Balaban J connectivity index is 1.51. The standard InChI is InChI=1S/C30H26Cl2N2O6S/c1-30(2,3)19-9-7-18(8-10-19)28(35)33-21-5-4-6-22(16-21)40-23-12-13-26(24(17-23)29(36)37)34-41(38,39)27-14-11-20(31)15-25(27)32/h4-17,34H,1-3H3,(H,33,35)(H,36,37). The summed E-state index contributed by atoms with van der Waals surface area (Å²) in [4.78, 5) is 24.5. The first-order valence-corrected chi connectivity index (χ1v) is 14.5. The highest BCUT2D eigenvalue weighted by Gasteiger charge is 2.22. The minimum atomic E-state index is -4.22. The van der Waals surface area contributed by atoms with E-state index in [1.54, 1.807) is 36.4 Å². The van der Waals surface area contributed by atoms with Gasteiger partial charge in [0.2, 0.25) is 0 Å². The molecule has 212 valence electrons. The van der Waals surface area contributed by atoms with Gasteiger partial charge >= 0.3 is 5.97 Å². The number of rotatable bonds is 8. The maximum absolute atomic E-state index is 12.9. The van der Waals surface area contributed by atoms with Crippen LogP contribution in [0.2, 0.25) is 10.0 Å². The second-order valence-corrected chi connectivity index (χ2v) is 12.6. The topological polar surface area (TPSA) is 122 Å². The van der Waals surface area contributed by atoms with Crippen LogP contribution in [-0.2, 0) is 15.4 Å². The van der Waals surface area contributed by atoms with Crippen LogP contribution in [0.25, 0.3) is 0 Å². The first-order chi connectivity index (χ1) is 19.2. The Morgan fingerprint density at radius 1 is 0.854 bits per heavy atom. The average Bonchev–Trinajstić information content (AvgIpc) is 2.89. The highest BCUT2D eigenvalue weighted by Crippen LogP contribution is 2.31. The summed E-state index contributed by atoms with van der Waals surface area (Å²) in [6.07, 6.45) is 0. The van der Waals surface area contributed by atoms with Crippen LogP contribution >= 0.6 is 23.2 Å². The first kappa shape index (κ1) is 29.9. The van der Waals surface area contributed by atoms with Crippen molar-refractivity contribution in [2.24, 2.45) is 0 Å². The minimum Gasteiger partial charge on any atom is -0.478 e. The van der Waals surface area contributed by atoms with Crippen LogP contribution in [0, 0.1) is 0 Å². The molecule has 0 saturated heterocycles. The number of halogens is 2. The number of aromatic carboxylic acids is 1. The molecule has 0 aromatic heterocycles. The van der Waals surface area contributed by atoms with Gasteiger partial charge in [-0.05, 0) is 71.6 Å². The zero-order valence-corrected chi connectivity index (χ0v) is 24.6. The third-order valence-corrected chi connectivity index (χ3v) is 8.07. The molecule has 0 unspecified atom stereocenters. The van der Waals surface area contributed by atoms with E-state index in [-0.39, 0.29) is 43.3 Å². The van der Waals surface area contributed by atoms with Gasteiger partial charge in [0.05, 0.1) is 16.3 Å². The molecule has 1 amide bonds. The lowest BCUT2D eigenvalue weighted by molar-refractivity contribution is 0.0697. The monoisotopic (exact) mass is 612 g/mol. The highest BCUT2D eigenvalue weighted by atomic mass is 35.5. The van der Waals surface area contributed by atoms with Gasteiger partial charge in [0.1, 0.15) is 16.4 Å². The number of hydrogen-bond donors (Lipinski definition) is 3. The number of benzene rings is 4. The van der Waals surface area contributed by atoms with Crippen molar-refractivity contribution in [1.29, 1.82) is 0 Å². The van der Waals surface area contributed by atoms with Gasteiger partial charge in [-0.3, -0.25) is 9.52 Å². The summed E-state index contributed by atoms with van der Waals surface area (Å²) in [7, 11) is -4.22. The van der Waals surface area contributed by atoms with Crippen molar-refractivity contribution in [3.63, 3.8) is 0 Å². The van der Waals surface area contributed by atoms with Gasteiger partial charge in [-0.15, -0.1) is 0 Å². The quantitative estimate of drug-likeness (QED) is 0.186. The lowest BCUT2D eigenvalue weighted by atomic mass is 9.87. The number of carbonyl (C=O) groups excluding carboxylic acids is 1. The molecule has 41 heavy (non-hydrogen) atoms. The summed E-state index contributed by atoms with van der Waals surface area (Å²) in [5.41, 5.74) is 1.50. The van der Waals surface area contributed by atoms with Crippen LogP contribution in [0.15, 0.2) is 89.8 Å². The Morgan fingerprint density at radius 2 is 1.54 bits per heavy atom. The molecule has 8 nitrogen and oxygen atoms in total. The second-order valence-electron chi connectivity index (χ2n) is 10.1.